The number of pyridine rings is 2. The summed E-state index contributed by atoms with van der Waals surface area (Å²) in [7, 11) is -8.33. The largest absolute Gasteiger partial charge is 0.488 e. The highest BCUT2D eigenvalue weighted by Crippen LogP contribution is 2.34. The number of halogens is 3. The molecule has 24 heteroatoms. The predicted octanol–water partition coefficient (Wildman–Crippen LogP) is 9.76. The van der Waals surface area contributed by atoms with E-state index in [1.54, 1.807) is 70.9 Å². The highest BCUT2D eigenvalue weighted by molar-refractivity contribution is 9.10. The zero-order valence-electron chi connectivity index (χ0n) is 44.4. The van der Waals surface area contributed by atoms with Gasteiger partial charge in [0.15, 0.2) is 19.7 Å². The molecule has 2 atom stereocenters. The fourth-order valence-corrected chi connectivity index (χ4v) is 11.5. The number of fused-ring (bicyclic) bond motifs is 2. The smallest absolute Gasteiger partial charge is 0.423 e. The van der Waals surface area contributed by atoms with Crippen molar-refractivity contribution in [1.82, 2.24) is 29.1 Å². The first-order valence-electron chi connectivity index (χ1n) is 25.4. The highest BCUT2D eigenvalue weighted by Gasteiger charge is 2.23. The monoisotopic (exact) mass is 1240 g/mol. The molecule has 10 rings (SSSR count). The first-order chi connectivity index (χ1) is 39.1. The van der Waals surface area contributed by atoms with E-state index < -0.39 is 32.8 Å². The van der Waals surface area contributed by atoms with Gasteiger partial charge in [0, 0.05) is 40.7 Å². The van der Waals surface area contributed by atoms with Crippen molar-refractivity contribution in [1.29, 1.82) is 0 Å². The Morgan fingerprint density at radius 3 is 1.51 bits per heavy atom. The Labute approximate surface area is 491 Å². The van der Waals surface area contributed by atoms with Gasteiger partial charge < -0.3 is 32.1 Å². The highest BCUT2D eigenvalue weighted by atomic mass is 79.9. The summed E-state index contributed by atoms with van der Waals surface area (Å²) in [6, 6.07) is 45.0. The van der Waals surface area contributed by atoms with E-state index >= 15 is 0 Å². The van der Waals surface area contributed by atoms with E-state index in [2.05, 4.69) is 46.5 Å². The van der Waals surface area contributed by atoms with E-state index in [9.17, 15) is 26.4 Å². The molecule has 6 aromatic carbocycles. The number of anilines is 4. The van der Waals surface area contributed by atoms with Crippen molar-refractivity contribution in [3.05, 3.63) is 217 Å². The van der Waals surface area contributed by atoms with Crippen molar-refractivity contribution >= 4 is 116 Å². The van der Waals surface area contributed by atoms with Crippen molar-refractivity contribution in [3.8, 4) is 22.5 Å². The first kappa shape index (κ1) is 60.1. The topological polar surface area (TPSA) is 280 Å². The third-order valence-corrected chi connectivity index (χ3v) is 17.7. The third-order valence-electron chi connectivity index (χ3n) is 13.0. The van der Waals surface area contributed by atoms with Crippen molar-refractivity contribution < 1.29 is 26.9 Å². The van der Waals surface area contributed by atoms with Crippen LogP contribution in [0.1, 0.15) is 51.2 Å². The molecule has 10 aromatic rings. The second kappa shape index (κ2) is 25.9. The SMILES string of the molecule is CCS(=O)(=O)c1cccc(-c2cnc(N)nc2N[C@@H](C)c2cc3cccc(Cl)c3c(=O)n2-c2ccccc2)c1.CCS(=O)(=O)c1cccc(B(O)O)c1.C[C@H](Nc1nc(N)ncc1Br)c1cc2cccc(Cl)c2c(=O)n1-c1ccccc1. The number of nitrogens with zero attached hydrogens (tertiary/aromatic N) is 6. The van der Waals surface area contributed by atoms with E-state index in [4.69, 9.17) is 44.7 Å². The summed E-state index contributed by atoms with van der Waals surface area (Å²) in [4.78, 5) is 44.3. The quantitative estimate of drug-likeness (QED) is 0.0553. The van der Waals surface area contributed by atoms with Crippen molar-refractivity contribution in [2.45, 2.75) is 49.6 Å². The molecular formula is C58H54BBrCl2N10O8S2. The van der Waals surface area contributed by atoms with Crippen LogP contribution in [-0.4, -0.2) is 74.6 Å². The molecule has 0 aliphatic rings. The number of nitrogens with one attached hydrogen (secondary N) is 2. The minimum absolute atomic E-state index is 0.00201. The summed E-state index contributed by atoms with van der Waals surface area (Å²) >= 11 is 16.2. The van der Waals surface area contributed by atoms with Crippen LogP contribution in [0.4, 0.5) is 23.5 Å². The second-order valence-electron chi connectivity index (χ2n) is 18.4. The van der Waals surface area contributed by atoms with E-state index in [-0.39, 0.29) is 55.8 Å². The van der Waals surface area contributed by atoms with Crippen molar-refractivity contribution in [3.63, 3.8) is 0 Å². The Bertz CT molecular complexity index is 4340. The van der Waals surface area contributed by atoms with Gasteiger partial charge in [-0.2, -0.15) is 9.97 Å². The molecule has 0 radical (unpaired) electrons. The van der Waals surface area contributed by atoms with Gasteiger partial charge in [-0.3, -0.25) is 18.7 Å². The molecule has 0 fully saturated rings. The molecule has 0 saturated carbocycles. The van der Waals surface area contributed by atoms with Gasteiger partial charge in [-0.05, 0) is 124 Å². The maximum Gasteiger partial charge on any atom is 0.488 e. The normalized spacial score (nSPS) is 12.1. The average Bonchev–Trinajstić information content (AvgIpc) is 3.53. The lowest BCUT2D eigenvalue weighted by molar-refractivity contribution is 0.425. The van der Waals surface area contributed by atoms with E-state index in [1.807, 2.05) is 105 Å². The molecule has 0 spiro atoms. The molecule has 0 saturated heterocycles. The summed E-state index contributed by atoms with van der Waals surface area (Å²) < 4.78 is 51.8. The maximum absolute atomic E-state index is 13.8. The molecule has 18 nitrogen and oxygen atoms in total. The molecule has 4 aromatic heterocycles. The van der Waals surface area contributed by atoms with Gasteiger partial charge in [-0.15, -0.1) is 0 Å². The van der Waals surface area contributed by atoms with Gasteiger partial charge in [0.2, 0.25) is 11.9 Å². The summed E-state index contributed by atoms with van der Waals surface area (Å²) in [5.74, 6) is 1.14. The fraction of sp³-hybridized carbons (Fsp3) is 0.138. The fourth-order valence-electron chi connectivity index (χ4n) is 8.82. The predicted molar refractivity (Wildman–Crippen MR) is 331 cm³/mol. The van der Waals surface area contributed by atoms with Crippen LogP contribution < -0.4 is 38.7 Å². The molecular weight excluding hydrogens is 1190 g/mol. The molecule has 0 aliphatic heterocycles. The number of hydrogen-bond donors (Lipinski definition) is 6. The van der Waals surface area contributed by atoms with Crippen LogP contribution >= 0.6 is 39.1 Å². The molecule has 0 unspecified atom stereocenters. The second-order valence-corrected chi connectivity index (χ2v) is 24.7. The van der Waals surface area contributed by atoms with Gasteiger partial charge in [-0.1, -0.05) is 122 Å². The molecule has 0 bridgehead atoms. The van der Waals surface area contributed by atoms with Gasteiger partial charge in [0.05, 0.1) is 58.7 Å². The first-order valence-corrected chi connectivity index (χ1v) is 30.2. The van der Waals surface area contributed by atoms with Crippen LogP contribution in [0.3, 0.4) is 0 Å². The number of nitrogens with two attached hydrogens (primary N) is 2. The van der Waals surface area contributed by atoms with Gasteiger partial charge in [-0.25, -0.2) is 26.8 Å². The Kier molecular flexibility index (Phi) is 19.0. The van der Waals surface area contributed by atoms with E-state index in [0.29, 0.717) is 64.8 Å². The zero-order valence-corrected chi connectivity index (χ0v) is 49.2. The molecule has 420 valence electrons. The van der Waals surface area contributed by atoms with Gasteiger partial charge >= 0.3 is 7.12 Å². The van der Waals surface area contributed by atoms with E-state index in [1.165, 1.54) is 31.2 Å². The Morgan fingerprint density at radius 2 is 1.02 bits per heavy atom. The molecule has 82 heavy (non-hydrogen) atoms. The Balaban J connectivity index is 0.000000179. The number of aromatic nitrogens is 6. The summed E-state index contributed by atoms with van der Waals surface area (Å²) in [6.45, 7) is 7.00. The van der Waals surface area contributed by atoms with Crippen molar-refractivity contribution in [2.75, 3.05) is 33.6 Å². The van der Waals surface area contributed by atoms with Crippen LogP contribution in [0.5, 0.6) is 0 Å². The van der Waals surface area contributed by atoms with Crippen LogP contribution in [0, 0.1) is 0 Å². The lowest BCUT2D eigenvalue weighted by Crippen LogP contribution is -2.30. The summed E-state index contributed by atoms with van der Waals surface area (Å²) in [5.41, 5.74) is 15.5. The zero-order chi connectivity index (χ0) is 59.0. The van der Waals surface area contributed by atoms with Crippen LogP contribution in [0.15, 0.2) is 194 Å². The minimum Gasteiger partial charge on any atom is -0.423 e. The van der Waals surface area contributed by atoms with E-state index in [0.717, 1.165) is 16.8 Å². The lowest BCUT2D eigenvalue weighted by atomic mass is 9.80. The molecule has 0 amide bonds. The Hall–Kier alpha value is -7.96. The molecule has 0 aliphatic carbocycles. The number of hydrogen-bond acceptors (Lipinski definition) is 16. The minimum atomic E-state index is -3.42. The Morgan fingerprint density at radius 1 is 0.585 bits per heavy atom. The van der Waals surface area contributed by atoms with Crippen LogP contribution in [0.2, 0.25) is 10.0 Å². The standard InChI is InChI=1S/C29H26ClN5O3S.C21H17BrClN5O.C8H11BO4S/c1-3-39(37,38)22-13-7-9-19(15-22)23-17-32-29(31)34-27(23)33-18(2)25-16-20-10-8-14-24(30)26(20)28(36)35(25)21-11-5-4-6-12-21;1-12(26-19-15(22)11-25-21(24)27-19)17-10-13-6-5-9-16(23)18(13)20(29)28(17)14-7-3-2-4-8-14;1-2-14(12,13)8-5-3-4-7(6-8)9(10)11/h4-18H,3H2,1-2H3,(H3,31,32,33,34);2-12H,1H3,(H3,24,25,26,27);3-6,10-11H,2H2,1H3/t18-;12-;/m00./s1. The number of rotatable bonds is 14. The van der Waals surface area contributed by atoms with Crippen LogP contribution in [0.25, 0.3) is 44.0 Å². The lowest BCUT2D eigenvalue weighted by Gasteiger charge is -2.23. The maximum atomic E-state index is 13.8. The van der Waals surface area contributed by atoms with Crippen molar-refractivity contribution in [2.24, 2.45) is 0 Å². The third kappa shape index (κ3) is 13.5. The average molecular weight is 1240 g/mol. The summed E-state index contributed by atoms with van der Waals surface area (Å²) in [6.07, 6.45) is 3.14. The molecule has 4 heterocycles. The number of benzene rings is 6. The number of sulfone groups is 2. The molecule has 8 N–H and O–H groups in total. The summed E-state index contributed by atoms with van der Waals surface area (Å²) in [5, 5.41) is 27.6. The number of nitrogen functional groups attached to an aromatic ring is 2. The number of para-hydroxylation sites is 2. The van der Waals surface area contributed by atoms with Gasteiger partial charge in [0.25, 0.3) is 11.1 Å². The van der Waals surface area contributed by atoms with Crippen LogP contribution in [-0.2, 0) is 19.7 Å². The van der Waals surface area contributed by atoms with Gasteiger partial charge in [0.1, 0.15) is 11.6 Å².